The number of carbonyl (C=O) groups is 2. The third-order valence-corrected chi connectivity index (χ3v) is 7.89. The van der Waals surface area contributed by atoms with E-state index < -0.39 is 12.3 Å². The van der Waals surface area contributed by atoms with Crippen molar-refractivity contribution in [2.45, 2.75) is 75.3 Å². The first-order valence-electron chi connectivity index (χ1n) is 13.5. The Hall–Kier alpha value is -3.25. The average molecular weight is 569 g/mol. The number of carboxylic acid groups (broad SMARTS) is 1. The second-order valence-corrected chi connectivity index (χ2v) is 10.8. The summed E-state index contributed by atoms with van der Waals surface area (Å²) < 4.78 is 14.7. The first-order valence-corrected chi connectivity index (χ1v) is 14.4. The van der Waals surface area contributed by atoms with Crippen LogP contribution >= 0.6 is 11.8 Å². The summed E-state index contributed by atoms with van der Waals surface area (Å²) >= 11 is 1.59. The van der Waals surface area contributed by atoms with Crippen LogP contribution in [0.25, 0.3) is 0 Å². The van der Waals surface area contributed by atoms with Gasteiger partial charge < -0.3 is 29.6 Å². The molecule has 10 nitrogen and oxygen atoms in total. The number of benzene rings is 2. The van der Waals surface area contributed by atoms with E-state index in [2.05, 4.69) is 15.5 Å². The van der Waals surface area contributed by atoms with E-state index in [0.717, 1.165) is 33.8 Å². The minimum absolute atomic E-state index is 0.00585. The van der Waals surface area contributed by atoms with Gasteiger partial charge in [-0.05, 0) is 29.5 Å². The maximum absolute atomic E-state index is 12.1. The van der Waals surface area contributed by atoms with Gasteiger partial charge in [0.15, 0.2) is 11.4 Å². The molecular weight excluding hydrogens is 532 g/mol. The lowest BCUT2D eigenvalue weighted by Gasteiger charge is -2.36. The Morgan fingerprint density at radius 1 is 1.00 bits per heavy atom. The number of ether oxygens (including phenoxy) is 2. The molecule has 2 heterocycles. The normalized spacial score (nSPS) is 18.9. The van der Waals surface area contributed by atoms with Crippen molar-refractivity contribution in [3.05, 3.63) is 77.1 Å². The van der Waals surface area contributed by atoms with Gasteiger partial charge in [0.2, 0.25) is 5.91 Å². The number of aryl methyl sites for hydroxylation is 1. The first kappa shape index (κ1) is 29.7. The van der Waals surface area contributed by atoms with Gasteiger partial charge in [0.25, 0.3) is 0 Å². The van der Waals surface area contributed by atoms with E-state index in [0.29, 0.717) is 38.0 Å². The Labute approximate surface area is 238 Å². The third-order valence-electron chi connectivity index (χ3n) is 6.72. The van der Waals surface area contributed by atoms with E-state index in [1.54, 1.807) is 18.1 Å². The Kier molecular flexibility index (Phi) is 11.1. The van der Waals surface area contributed by atoms with Gasteiger partial charge in [-0.1, -0.05) is 66.7 Å². The molecule has 1 saturated heterocycles. The van der Waals surface area contributed by atoms with Crippen LogP contribution in [0.1, 0.15) is 73.2 Å². The fraction of sp³-hybridized carbons (Fsp3) is 0.448. The minimum Gasteiger partial charge on any atom is -0.481 e. The van der Waals surface area contributed by atoms with Crippen LogP contribution in [0.2, 0.25) is 0 Å². The number of nitrogens with zero attached hydrogens (tertiary/aromatic N) is 3. The molecule has 40 heavy (non-hydrogen) atoms. The van der Waals surface area contributed by atoms with Crippen molar-refractivity contribution in [2.24, 2.45) is 7.05 Å². The number of carbonyl (C=O) groups excluding carboxylic acids is 1. The van der Waals surface area contributed by atoms with Crippen LogP contribution in [0.15, 0.2) is 60.0 Å². The van der Waals surface area contributed by atoms with Crippen molar-refractivity contribution in [1.29, 1.82) is 0 Å². The molecule has 3 atom stereocenters. The molecule has 3 aromatic rings. The highest BCUT2D eigenvalue weighted by atomic mass is 32.2. The highest BCUT2D eigenvalue weighted by Crippen LogP contribution is 2.39. The van der Waals surface area contributed by atoms with Gasteiger partial charge >= 0.3 is 5.97 Å². The van der Waals surface area contributed by atoms with Crippen LogP contribution in [-0.4, -0.2) is 48.7 Å². The molecule has 3 unspecified atom stereocenters. The number of hydrogen-bond donors (Lipinski definition) is 3. The monoisotopic (exact) mass is 568 g/mol. The molecule has 0 aliphatic carbocycles. The maximum atomic E-state index is 12.1. The van der Waals surface area contributed by atoms with Gasteiger partial charge in [-0.15, -0.1) is 10.2 Å². The number of amides is 1. The molecule has 1 aromatic heterocycles. The number of hydrogen-bond acceptors (Lipinski definition) is 8. The predicted molar refractivity (Wildman–Crippen MR) is 149 cm³/mol. The van der Waals surface area contributed by atoms with Gasteiger partial charge in [0.1, 0.15) is 6.33 Å². The predicted octanol–water partition coefficient (Wildman–Crippen LogP) is 4.30. The lowest BCUT2D eigenvalue weighted by molar-refractivity contribution is -0.245. The quantitative estimate of drug-likeness (QED) is 0.192. The zero-order valence-electron chi connectivity index (χ0n) is 22.6. The summed E-state index contributed by atoms with van der Waals surface area (Å²) in [6, 6.07) is 15.6. The third kappa shape index (κ3) is 8.88. The number of nitrogens with one attached hydrogen (secondary N) is 1. The van der Waals surface area contributed by atoms with Crippen LogP contribution in [0.5, 0.6) is 0 Å². The standard InChI is InChI=1S/C29H36N4O6S/c1-33-19-31-32-29(33)40-18-24-15-25(22-11-9-21(17-34)10-12-22)39-28(38-24)23-13-7-20(8-14-23)16-30-26(35)5-3-2-4-6-27(36)37/h7-14,19,24-25,28,34H,2-6,15-18H2,1H3,(H,30,35)(H,36,37). The van der Waals surface area contributed by atoms with E-state index >= 15 is 0 Å². The average Bonchev–Trinajstić information content (AvgIpc) is 3.39. The van der Waals surface area contributed by atoms with E-state index in [9.17, 15) is 14.7 Å². The number of unbranched alkanes of at least 4 members (excludes halogenated alkanes) is 2. The van der Waals surface area contributed by atoms with Crippen LogP contribution < -0.4 is 5.32 Å². The molecule has 1 fully saturated rings. The van der Waals surface area contributed by atoms with Crippen molar-refractivity contribution < 1.29 is 29.3 Å². The highest BCUT2D eigenvalue weighted by molar-refractivity contribution is 7.99. The summed E-state index contributed by atoms with van der Waals surface area (Å²) in [5.74, 6) is -0.157. The molecular formula is C29H36N4O6S. The lowest BCUT2D eigenvalue weighted by atomic mass is 10.0. The van der Waals surface area contributed by atoms with Gasteiger partial charge in [-0.25, -0.2) is 0 Å². The van der Waals surface area contributed by atoms with Crippen LogP contribution in [0.3, 0.4) is 0 Å². The van der Waals surface area contributed by atoms with Crippen molar-refractivity contribution in [2.75, 3.05) is 5.75 Å². The number of carboxylic acids is 1. The van der Waals surface area contributed by atoms with Gasteiger partial charge in [-0.2, -0.15) is 0 Å². The molecule has 3 N–H and O–H groups in total. The number of rotatable bonds is 14. The molecule has 0 spiro atoms. The number of thioether (sulfide) groups is 1. The van der Waals surface area contributed by atoms with E-state index in [1.165, 1.54) is 0 Å². The molecule has 2 aromatic carbocycles. The summed E-state index contributed by atoms with van der Waals surface area (Å²) in [6.45, 7) is 0.408. The second kappa shape index (κ2) is 14.9. The van der Waals surface area contributed by atoms with Crippen LogP contribution in [-0.2, 0) is 39.3 Å². The second-order valence-electron chi connectivity index (χ2n) is 9.86. The van der Waals surface area contributed by atoms with Crippen molar-refractivity contribution in [1.82, 2.24) is 20.1 Å². The SMILES string of the molecule is Cn1cnnc1SCC1CC(c2ccc(CO)cc2)OC(c2ccc(CNC(=O)CCCCCC(=O)O)cc2)O1. The maximum Gasteiger partial charge on any atom is 0.303 e. The smallest absolute Gasteiger partial charge is 0.303 e. The molecule has 1 amide bonds. The zero-order chi connectivity index (χ0) is 28.3. The fourth-order valence-corrected chi connectivity index (χ4v) is 5.32. The molecule has 11 heteroatoms. The van der Waals surface area contributed by atoms with Crippen molar-refractivity contribution in [3.8, 4) is 0 Å². The summed E-state index contributed by atoms with van der Waals surface area (Å²) in [5, 5.41) is 30.0. The number of aromatic nitrogens is 3. The molecule has 4 rings (SSSR count). The fourth-order valence-electron chi connectivity index (χ4n) is 4.41. The Morgan fingerprint density at radius 2 is 1.70 bits per heavy atom. The van der Waals surface area contributed by atoms with Gasteiger partial charge in [0.05, 0.1) is 18.8 Å². The molecule has 0 radical (unpaired) electrons. The van der Waals surface area contributed by atoms with Crippen LogP contribution in [0.4, 0.5) is 0 Å². The summed E-state index contributed by atoms with van der Waals surface area (Å²) in [6.07, 6.45) is 4.04. The Morgan fingerprint density at radius 3 is 2.38 bits per heavy atom. The van der Waals surface area contributed by atoms with Gasteiger partial charge in [-0.3, -0.25) is 9.59 Å². The minimum atomic E-state index is -0.805. The molecule has 0 bridgehead atoms. The van der Waals surface area contributed by atoms with Crippen molar-refractivity contribution >= 4 is 23.6 Å². The van der Waals surface area contributed by atoms with Crippen molar-refractivity contribution in [3.63, 3.8) is 0 Å². The van der Waals surface area contributed by atoms with Crippen LogP contribution in [0, 0.1) is 0 Å². The lowest BCUT2D eigenvalue weighted by Crippen LogP contribution is -2.31. The molecule has 214 valence electrons. The summed E-state index contributed by atoms with van der Waals surface area (Å²) in [5.41, 5.74) is 3.73. The number of aliphatic hydroxyl groups is 1. The summed E-state index contributed by atoms with van der Waals surface area (Å²) in [4.78, 5) is 22.7. The van der Waals surface area contributed by atoms with E-state index in [-0.39, 0.29) is 31.1 Å². The molecule has 1 aliphatic rings. The molecule has 1 aliphatic heterocycles. The Balaban J connectivity index is 1.35. The summed E-state index contributed by atoms with van der Waals surface area (Å²) in [7, 11) is 1.91. The molecule has 0 saturated carbocycles. The number of aliphatic carboxylic acids is 1. The van der Waals surface area contributed by atoms with E-state index in [4.69, 9.17) is 14.6 Å². The Bertz CT molecular complexity index is 1230. The zero-order valence-corrected chi connectivity index (χ0v) is 23.4. The number of aliphatic hydroxyl groups excluding tert-OH is 1. The highest BCUT2D eigenvalue weighted by Gasteiger charge is 2.32. The topological polar surface area (TPSA) is 136 Å². The van der Waals surface area contributed by atoms with E-state index in [1.807, 2.05) is 60.1 Å². The largest absolute Gasteiger partial charge is 0.481 e. The van der Waals surface area contributed by atoms with Gasteiger partial charge in [0, 0.05) is 44.2 Å². The first-order chi connectivity index (χ1) is 19.4.